The molecule has 0 saturated carbocycles. The van der Waals surface area contributed by atoms with Gasteiger partial charge < -0.3 is 10.5 Å². The van der Waals surface area contributed by atoms with E-state index in [0.29, 0.717) is 6.42 Å². The number of ether oxygens (including phenoxy) is 1. The molecule has 1 aliphatic heterocycles. The zero-order chi connectivity index (χ0) is 13.4. The summed E-state index contributed by atoms with van der Waals surface area (Å²) in [5.74, 6) is -0.216. The number of nitrogens with two attached hydrogens (primary N) is 1. The normalized spacial score (nSPS) is 29.2. The number of carbonyl (C=O) groups is 2. The highest BCUT2D eigenvalue weighted by Gasteiger charge is 2.43. The molecule has 0 aliphatic carbocycles. The van der Waals surface area contributed by atoms with E-state index in [1.807, 2.05) is 13.8 Å². The van der Waals surface area contributed by atoms with Gasteiger partial charge in [-0.1, -0.05) is 6.92 Å². The Balaban J connectivity index is 2.85. The molecule has 0 aromatic heterocycles. The predicted molar refractivity (Wildman–Crippen MR) is 64.3 cm³/mol. The molecule has 2 N–H and O–H groups in total. The lowest BCUT2D eigenvalue weighted by atomic mass is 10.0. The molecule has 0 aromatic carbocycles. The minimum atomic E-state index is -0.565. The second kappa shape index (κ2) is 4.55. The van der Waals surface area contributed by atoms with Gasteiger partial charge in [-0.3, -0.25) is 9.69 Å². The Bertz CT molecular complexity index is 322. The Morgan fingerprint density at radius 3 is 2.24 bits per heavy atom. The van der Waals surface area contributed by atoms with Crippen LogP contribution < -0.4 is 5.73 Å². The van der Waals surface area contributed by atoms with E-state index in [9.17, 15) is 9.59 Å². The number of likely N-dealkylation sites (tertiary alicyclic amines) is 1. The average molecular weight is 242 g/mol. The van der Waals surface area contributed by atoms with Gasteiger partial charge in [0.25, 0.3) is 0 Å². The van der Waals surface area contributed by atoms with E-state index < -0.39 is 23.6 Å². The van der Waals surface area contributed by atoms with Crippen molar-refractivity contribution in [2.45, 2.75) is 58.7 Å². The molecule has 0 radical (unpaired) electrons. The van der Waals surface area contributed by atoms with Gasteiger partial charge in [-0.25, -0.2) is 4.79 Å². The van der Waals surface area contributed by atoms with Crippen molar-refractivity contribution in [1.82, 2.24) is 4.90 Å². The molecule has 2 amide bonds. The molecule has 1 fully saturated rings. The highest BCUT2D eigenvalue weighted by atomic mass is 16.6. The molecule has 5 nitrogen and oxygen atoms in total. The highest BCUT2D eigenvalue weighted by molar-refractivity contribution is 5.85. The smallest absolute Gasteiger partial charge is 0.411 e. The lowest BCUT2D eigenvalue weighted by Gasteiger charge is -2.30. The van der Waals surface area contributed by atoms with Crippen LogP contribution in [-0.4, -0.2) is 34.6 Å². The quantitative estimate of drug-likeness (QED) is 0.757. The van der Waals surface area contributed by atoms with E-state index in [2.05, 4.69) is 0 Å². The summed E-state index contributed by atoms with van der Waals surface area (Å²) < 4.78 is 5.30. The van der Waals surface area contributed by atoms with Crippen molar-refractivity contribution in [3.05, 3.63) is 0 Å². The number of rotatable bonds is 1. The molecular formula is C12H22N2O3. The number of carbonyl (C=O) groups excluding carboxylic acids is 2. The molecule has 1 saturated heterocycles. The van der Waals surface area contributed by atoms with Crippen molar-refractivity contribution in [3.8, 4) is 0 Å². The SMILES string of the molecule is CC1[C@@H](C)C[C@@H](C(N)=O)N1C(=O)OC(C)(C)C. The van der Waals surface area contributed by atoms with Crippen molar-refractivity contribution < 1.29 is 14.3 Å². The van der Waals surface area contributed by atoms with E-state index in [0.717, 1.165) is 0 Å². The van der Waals surface area contributed by atoms with E-state index in [4.69, 9.17) is 10.5 Å². The molecule has 1 rings (SSSR count). The number of amides is 2. The fraction of sp³-hybridized carbons (Fsp3) is 0.833. The topological polar surface area (TPSA) is 72.6 Å². The predicted octanol–water partition coefficient (Wildman–Crippen LogP) is 1.51. The maximum atomic E-state index is 12.0. The molecular weight excluding hydrogens is 220 g/mol. The van der Waals surface area contributed by atoms with E-state index in [1.54, 1.807) is 20.8 Å². The van der Waals surface area contributed by atoms with Crippen LogP contribution in [0.3, 0.4) is 0 Å². The molecule has 98 valence electrons. The summed E-state index contributed by atoms with van der Waals surface area (Å²) in [5.41, 5.74) is 4.76. The first-order valence-electron chi connectivity index (χ1n) is 5.94. The van der Waals surface area contributed by atoms with Crippen LogP contribution in [0.25, 0.3) is 0 Å². The Morgan fingerprint density at radius 2 is 1.82 bits per heavy atom. The summed E-state index contributed by atoms with van der Waals surface area (Å²) in [4.78, 5) is 24.8. The molecule has 0 spiro atoms. The third-order valence-electron chi connectivity index (χ3n) is 3.13. The molecule has 0 aromatic rings. The fourth-order valence-corrected chi connectivity index (χ4v) is 2.08. The second-order valence-electron chi connectivity index (χ2n) is 5.76. The van der Waals surface area contributed by atoms with Crippen LogP contribution in [0.15, 0.2) is 0 Å². The third kappa shape index (κ3) is 3.11. The standard InChI is InChI=1S/C12H22N2O3/c1-7-6-9(10(13)15)14(8(7)2)11(16)17-12(3,4)5/h7-9H,6H2,1-5H3,(H2,13,15)/t7-,8?,9-/m0/s1. The summed E-state index contributed by atoms with van der Waals surface area (Å²) in [6, 6.07) is -0.572. The number of primary amides is 1. The van der Waals surface area contributed by atoms with Gasteiger partial charge in [0.1, 0.15) is 11.6 Å². The van der Waals surface area contributed by atoms with Crippen LogP contribution in [0.4, 0.5) is 4.79 Å². The molecule has 1 heterocycles. The lowest BCUT2D eigenvalue weighted by molar-refractivity contribution is -0.122. The Morgan fingerprint density at radius 1 is 1.29 bits per heavy atom. The summed E-state index contributed by atoms with van der Waals surface area (Å²) >= 11 is 0. The molecule has 1 unspecified atom stereocenters. The van der Waals surface area contributed by atoms with Crippen LogP contribution in [-0.2, 0) is 9.53 Å². The lowest BCUT2D eigenvalue weighted by Crippen LogP contribution is -2.48. The second-order valence-corrected chi connectivity index (χ2v) is 5.76. The zero-order valence-electron chi connectivity index (χ0n) is 11.2. The van der Waals surface area contributed by atoms with Crippen molar-refractivity contribution in [2.75, 3.05) is 0 Å². The van der Waals surface area contributed by atoms with Crippen molar-refractivity contribution in [2.24, 2.45) is 11.7 Å². The maximum absolute atomic E-state index is 12.0. The molecule has 5 heteroatoms. The average Bonchev–Trinajstić information content (AvgIpc) is 2.40. The summed E-state index contributed by atoms with van der Waals surface area (Å²) in [5, 5.41) is 0. The molecule has 0 bridgehead atoms. The van der Waals surface area contributed by atoms with Crippen LogP contribution in [0.5, 0.6) is 0 Å². The first kappa shape index (κ1) is 13.8. The van der Waals surface area contributed by atoms with E-state index in [-0.39, 0.29) is 12.0 Å². The van der Waals surface area contributed by atoms with Gasteiger partial charge in [-0.05, 0) is 40.0 Å². The fourth-order valence-electron chi connectivity index (χ4n) is 2.08. The van der Waals surface area contributed by atoms with Crippen molar-refractivity contribution in [3.63, 3.8) is 0 Å². The monoisotopic (exact) mass is 242 g/mol. The minimum absolute atomic E-state index is 0.0256. The molecule has 3 atom stereocenters. The molecule has 17 heavy (non-hydrogen) atoms. The zero-order valence-corrected chi connectivity index (χ0v) is 11.2. The minimum Gasteiger partial charge on any atom is -0.444 e. The van der Waals surface area contributed by atoms with Crippen LogP contribution in [0, 0.1) is 5.92 Å². The Kier molecular flexibility index (Phi) is 3.69. The van der Waals surface area contributed by atoms with Gasteiger partial charge >= 0.3 is 6.09 Å². The Hall–Kier alpha value is -1.26. The van der Waals surface area contributed by atoms with E-state index >= 15 is 0 Å². The van der Waals surface area contributed by atoms with Gasteiger partial charge in [0, 0.05) is 6.04 Å². The van der Waals surface area contributed by atoms with Gasteiger partial charge in [0.15, 0.2) is 0 Å². The summed E-state index contributed by atoms with van der Waals surface area (Å²) in [7, 11) is 0. The number of hydrogen-bond acceptors (Lipinski definition) is 3. The molecule has 1 aliphatic rings. The van der Waals surface area contributed by atoms with Crippen LogP contribution in [0.2, 0.25) is 0 Å². The van der Waals surface area contributed by atoms with Crippen molar-refractivity contribution >= 4 is 12.0 Å². The first-order chi connectivity index (χ1) is 7.63. The van der Waals surface area contributed by atoms with Gasteiger partial charge in [0.2, 0.25) is 5.91 Å². The van der Waals surface area contributed by atoms with E-state index in [1.165, 1.54) is 4.90 Å². The number of nitrogens with zero attached hydrogens (tertiary/aromatic N) is 1. The van der Waals surface area contributed by atoms with Crippen molar-refractivity contribution in [1.29, 1.82) is 0 Å². The Labute approximate surface area is 102 Å². The summed E-state index contributed by atoms with van der Waals surface area (Å²) in [6.45, 7) is 9.32. The summed E-state index contributed by atoms with van der Waals surface area (Å²) in [6.07, 6.45) is 0.147. The van der Waals surface area contributed by atoms with Gasteiger partial charge in [0.05, 0.1) is 0 Å². The number of hydrogen-bond donors (Lipinski definition) is 1. The first-order valence-corrected chi connectivity index (χ1v) is 5.94. The third-order valence-corrected chi connectivity index (χ3v) is 3.13. The van der Waals surface area contributed by atoms with Gasteiger partial charge in [-0.15, -0.1) is 0 Å². The van der Waals surface area contributed by atoms with Crippen LogP contribution >= 0.6 is 0 Å². The largest absolute Gasteiger partial charge is 0.444 e. The highest BCUT2D eigenvalue weighted by Crippen LogP contribution is 2.30. The maximum Gasteiger partial charge on any atom is 0.411 e. The van der Waals surface area contributed by atoms with Gasteiger partial charge in [-0.2, -0.15) is 0 Å². The van der Waals surface area contributed by atoms with Crippen LogP contribution in [0.1, 0.15) is 41.0 Å².